The Morgan fingerprint density at radius 3 is 2.48 bits per heavy atom. The van der Waals surface area contributed by atoms with Gasteiger partial charge in [0.15, 0.2) is 0 Å². The van der Waals surface area contributed by atoms with Crippen molar-refractivity contribution in [3.8, 4) is 0 Å². The zero-order chi connectivity index (χ0) is 18.4. The quantitative estimate of drug-likeness (QED) is 0.532. The second kappa shape index (κ2) is 7.73. The molecule has 9 nitrogen and oxygen atoms in total. The number of rotatable bonds is 6. The first-order valence-corrected chi connectivity index (χ1v) is 8.47. The van der Waals surface area contributed by atoms with Gasteiger partial charge in [0.25, 0.3) is 21.5 Å². The molecule has 0 saturated heterocycles. The molecule has 25 heavy (non-hydrogen) atoms. The van der Waals surface area contributed by atoms with E-state index in [9.17, 15) is 22.8 Å². The largest absolute Gasteiger partial charge is 0.465 e. The van der Waals surface area contributed by atoms with Crippen molar-refractivity contribution in [2.24, 2.45) is 0 Å². The molecule has 1 amide bonds. The maximum Gasteiger partial charge on any atom is 0.339 e. The first-order valence-electron chi connectivity index (χ1n) is 6.98. The van der Waals surface area contributed by atoms with Crippen LogP contribution in [0.2, 0.25) is 0 Å². The van der Waals surface area contributed by atoms with E-state index in [1.807, 2.05) is 10.3 Å². The number of sulfonamides is 1. The lowest BCUT2D eigenvalue weighted by Crippen LogP contribution is -2.44. The van der Waals surface area contributed by atoms with Gasteiger partial charge in [-0.2, -0.15) is 0 Å². The molecular formula is C15H15N3O6S. The van der Waals surface area contributed by atoms with Crippen LogP contribution in [0.25, 0.3) is 0 Å². The molecule has 2 aromatic rings. The Morgan fingerprint density at radius 2 is 1.80 bits per heavy atom. The molecule has 2 rings (SSSR count). The summed E-state index contributed by atoms with van der Waals surface area (Å²) in [6.07, 6.45) is 1.39. The molecule has 0 bridgehead atoms. The second-order valence-electron chi connectivity index (χ2n) is 4.81. The highest BCUT2D eigenvalue weighted by molar-refractivity contribution is 7.89. The number of ether oxygens (including phenoxy) is 1. The fourth-order valence-corrected chi connectivity index (χ4v) is 3.00. The molecule has 0 unspecified atom stereocenters. The molecule has 0 aliphatic carbocycles. The minimum atomic E-state index is -4.21. The topological polar surface area (TPSA) is 124 Å². The molecule has 0 fully saturated rings. The Bertz CT molecular complexity index is 951. The van der Waals surface area contributed by atoms with E-state index >= 15 is 0 Å². The van der Waals surface area contributed by atoms with Crippen LogP contribution < -0.4 is 15.8 Å². The van der Waals surface area contributed by atoms with Gasteiger partial charge in [-0.1, -0.05) is 18.2 Å². The molecular weight excluding hydrogens is 350 g/mol. The van der Waals surface area contributed by atoms with Crippen LogP contribution in [0.15, 0.2) is 58.4 Å². The van der Waals surface area contributed by atoms with Crippen molar-refractivity contribution in [1.82, 2.24) is 14.8 Å². The van der Waals surface area contributed by atoms with Crippen molar-refractivity contribution in [1.29, 1.82) is 0 Å². The fraction of sp³-hybridized carbons (Fsp3) is 0.133. The molecule has 0 radical (unpaired) electrons. The normalized spacial score (nSPS) is 10.9. The second-order valence-corrected chi connectivity index (χ2v) is 6.46. The average Bonchev–Trinajstić information content (AvgIpc) is 2.61. The van der Waals surface area contributed by atoms with Crippen LogP contribution in [0, 0.1) is 0 Å². The highest BCUT2D eigenvalue weighted by atomic mass is 32.2. The number of amides is 1. The van der Waals surface area contributed by atoms with Crippen molar-refractivity contribution in [3.63, 3.8) is 0 Å². The molecule has 2 N–H and O–H groups in total. The zero-order valence-electron chi connectivity index (χ0n) is 13.1. The molecule has 1 aromatic heterocycles. The lowest BCUT2D eigenvalue weighted by molar-refractivity contribution is -0.122. The molecule has 132 valence electrons. The maximum atomic E-state index is 12.3. The number of aromatic nitrogens is 1. The van der Waals surface area contributed by atoms with Gasteiger partial charge in [-0.05, 0) is 18.2 Å². The molecule has 0 atom stereocenters. The molecule has 0 spiro atoms. The Morgan fingerprint density at radius 1 is 1.12 bits per heavy atom. The number of pyridine rings is 1. The van der Waals surface area contributed by atoms with Crippen molar-refractivity contribution in [2.45, 2.75) is 11.4 Å². The number of hydrazine groups is 1. The Balaban J connectivity index is 2.12. The summed E-state index contributed by atoms with van der Waals surface area (Å²) in [5, 5.41) is 0. The van der Waals surface area contributed by atoms with Crippen LogP contribution in [0.5, 0.6) is 0 Å². The summed E-state index contributed by atoms with van der Waals surface area (Å²) in [6.45, 7) is -0.374. The SMILES string of the molecule is COC(=O)c1ccccc1S(=O)(=O)NNC(=O)Cn1ccccc1=O. The van der Waals surface area contributed by atoms with Crippen molar-refractivity contribution >= 4 is 21.9 Å². The van der Waals surface area contributed by atoms with E-state index in [-0.39, 0.29) is 17.0 Å². The van der Waals surface area contributed by atoms with Crippen LogP contribution in [0.3, 0.4) is 0 Å². The van der Waals surface area contributed by atoms with Crippen LogP contribution in [0.1, 0.15) is 10.4 Å². The van der Waals surface area contributed by atoms with Gasteiger partial charge in [0, 0.05) is 12.3 Å². The number of nitrogens with zero attached hydrogens (tertiary/aromatic N) is 1. The number of carbonyl (C=O) groups is 2. The van der Waals surface area contributed by atoms with Gasteiger partial charge in [0.1, 0.15) is 6.54 Å². The summed E-state index contributed by atoms with van der Waals surface area (Å²) < 4.78 is 30.2. The number of methoxy groups -OCH3 is 1. The van der Waals surface area contributed by atoms with E-state index in [1.54, 1.807) is 6.07 Å². The monoisotopic (exact) mass is 365 g/mol. The average molecular weight is 365 g/mol. The van der Waals surface area contributed by atoms with Gasteiger partial charge in [-0.25, -0.2) is 13.2 Å². The van der Waals surface area contributed by atoms with Crippen molar-refractivity contribution in [3.05, 3.63) is 64.6 Å². The summed E-state index contributed by atoms with van der Waals surface area (Å²) in [5.41, 5.74) is 1.41. The number of esters is 1. The first kappa shape index (κ1) is 18.4. The van der Waals surface area contributed by atoms with Crippen molar-refractivity contribution in [2.75, 3.05) is 7.11 Å². The third-order valence-corrected chi connectivity index (χ3v) is 4.43. The molecule has 0 saturated carbocycles. The van der Waals surface area contributed by atoms with E-state index < -0.39 is 27.5 Å². The van der Waals surface area contributed by atoms with Gasteiger partial charge >= 0.3 is 5.97 Å². The van der Waals surface area contributed by atoms with Gasteiger partial charge in [-0.15, -0.1) is 4.83 Å². The predicted molar refractivity (Wildman–Crippen MR) is 86.9 cm³/mol. The van der Waals surface area contributed by atoms with Crippen LogP contribution in [0.4, 0.5) is 0 Å². The summed E-state index contributed by atoms with van der Waals surface area (Å²) >= 11 is 0. The fourth-order valence-electron chi connectivity index (χ4n) is 1.94. The van der Waals surface area contributed by atoms with E-state index in [0.717, 1.165) is 11.7 Å². The number of benzene rings is 1. The van der Waals surface area contributed by atoms with E-state index in [2.05, 4.69) is 4.74 Å². The van der Waals surface area contributed by atoms with Gasteiger partial charge < -0.3 is 9.30 Å². The standard InChI is InChI=1S/C15H15N3O6S/c1-24-15(21)11-6-2-3-7-12(11)25(22,23)17-16-13(19)10-18-9-5-4-8-14(18)20/h2-9,17H,10H2,1H3,(H,16,19). The number of nitrogens with one attached hydrogen (secondary N) is 2. The molecule has 0 aliphatic rings. The molecule has 1 heterocycles. The molecule has 0 aliphatic heterocycles. The summed E-state index contributed by atoms with van der Waals surface area (Å²) in [6, 6.07) is 9.73. The predicted octanol–water partition coefficient (Wildman–Crippen LogP) is -0.355. The van der Waals surface area contributed by atoms with Crippen LogP contribution >= 0.6 is 0 Å². The number of carbonyl (C=O) groups excluding carboxylic acids is 2. The minimum absolute atomic E-state index is 0.175. The first-order chi connectivity index (χ1) is 11.8. The van der Waals surface area contributed by atoms with Crippen molar-refractivity contribution < 1.29 is 22.7 Å². The summed E-state index contributed by atoms with van der Waals surface area (Å²) in [5.74, 6) is -1.59. The van der Waals surface area contributed by atoms with E-state index in [1.165, 1.54) is 42.6 Å². The Kier molecular flexibility index (Phi) is 5.67. The Hall–Kier alpha value is -2.98. The smallest absolute Gasteiger partial charge is 0.339 e. The summed E-state index contributed by atoms with van der Waals surface area (Å²) in [4.78, 5) is 36.5. The Labute approximate surface area is 143 Å². The third-order valence-electron chi connectivity index (χ3n) is 3.12. The lowest BCUT2D eigenvalue weighted by atomic mass is 10.2. The van der Waals surface area contributed by atoms with Gasteiger partial charge in [0.2, 0.25) is 0 Å². The van der Waals surface area contributed by atoms with Gasteiger partial charge in [0.05, 0.1) is 17.6 Å². The summed E-state index contributed by atoms with van der Waals surface area (Å²) in [7, 11) is -3.09. The third kappa shape index (κ3) is 4.52. The molecule has 10 heteroatoms. The van der Waals surface area contributed by atoms with Gasteiger partial charge in [-0.3, -0.25) is 15.0 Å². The van der Waals surface area contributed by atoms with Crippen LogP contribution in [-0.4, -0.2) is 32.0 Å². The highest BCUT2D eigenvalue weighted by Gasteiger charge is 2.23. The number of hydrogen-bond donors (Lipinski definition) is 2. The lowest BCUT2D eigenvalue weighted by Gasteiger charge is -2.11. The minimum Gasteiger partial charge on any atom is -0.465 e. The van der Waals surface area contributed by atoms with E-state index in [0.29, 0.717) is 0 Å². The highest BCUT2D eigenvalue weighted by Crippen LogP contribution is 2.15. The van der Waals surface area contributed by atoms with E-state index in [4.69, 9.17) is 0 Å². The molecule has 1 aromatic carbocycles. The maximum absolute atomic E-state index is 12.3. The zero-order valence-corrected chi connectivity index (χ0v) is 13.9. The number of hydrogen-bond acceptors (Lipinski definition) is 6. The van der Waals surface area contributed by atoms with Crippen LogP contribution in [-0.2, 0) is 26.1 Å².